The van der Waals surface area contributed by atoms with Crippen LogP contribution in [0.1, 0.15) is 18.4 Å². The van der Waals surface area contributed by atoms with Crippen LogP contribution in [0.2, 0.25) is 0 Å². The van der Waals surface area contributed by atoms with E-state index in [-0.39, 0.29) is 5.97 Å². The molecule has 0 unspecified atom stereocenters. The largest absolute Gasteiger partial charge is 0.469 e. The van der Waals surface area contributed by atoms with Crippen molar-refractivity contribution in [3.05, 3.63) is 28.2 Å². The van der Waals surface area contributed by atoms with E-state index in [1.807, 2.05) is 18.2 Å². The molecule has 0 saturated heterocycles. The van der Waals surface area contributed by atoms with E-state index in [0.717, 1.165) is 28.7 Å². The van der Waals surface area contributed by atoms with Crippen molar-refractivity contribution in [3.63, 3.8) is 0 Å². The number of carbonyl (C=O) groups excluding carboxylic acids is 1. The molecule has 1 N–H and O–H groups in total. The van der Waals surface area contributed by atoms with Gasteiger partial charge in [-0.15, -0.1) is 0 Å². The first-order valence-corrected chi connectivity index (χ1v) is 6.55. The standard InChI is InChI=1S/C13H18BrNO3/c1-17-9-10-11(14)5-3-6-12(10)15-8-4-7-13(16)18-2/h3,5-6,15H,4,7-9H2,1-2H3. The van der Waals surface area contributed by atoms with E-state index in [1.54, 1.807) is 7.11 Å². The normalized spacial score (nSPS) is 10.2. The summed E-state index contributed by atoms with van der Waals surface area (Å²) in [5, 5.41) is 3.30. The van der Waals surface area contributed by atoms with Gasteiger partial charge in [-0.25, -0.2) is 0 Å². The summed E-state index contributed by atoms with van der Waals surface area (Å²) in [6, 6.07) is 5.94. The Labute approximate surface area is 116 Å². The topological polar surface area (TPSA) is 47.6 Å². The van der Waals surface area contributed by atoms with Gasteiger partial charge in [0.05, 0.1) is 13.7 Å². The molecule has 100 valence electrons. The first kappa shape index (κ1) is 15.0. The lowest BCUT2D eigenvalue weighted by atomic mass is 10.2. The van der Waals surface area contributed by atoms with Gasteiger partial charge in [-0.1, -0.05) is 22.0 Å². The molecule has 4 nitrogen and oxygen atoms in total. The van der Waals surface area contributed by atoms with Crippen LogP contribution in [-0.2, 0) is 20.9 Å². The number of anilines is 1. The first-order valence-electron chi connectivity index (χ1n) is 5.76. The molecule has 0 saturated carbocycles. The highest BCUT2D eigenvalue weighted by Gasteiger charge is 2.06. The molecule has 0 fully saturated rings. The van der Waals surface area contributed by atoms with E-state index in [1.165, 1.54) is 7.11 Å². The summed E-state index contributed by atoms with van der Waals surface area (Å²) in [6.45, 7) is 1.27. The van der Waals surface area contributed by atoms with E-state index in [2.05, 4.69) is 26.0 Å². The van der Waals surface area contributed by atoms with Crippen LogP contribution in [-0.4, -0.2) is 26.7 Å². The third-order valence-electron chi connectivity index (χ3n) is 2.51. The Morgan fingerprint density at radius 1 is 1.39 bits per heavy atom. The predicted molar refractivity (Wildman–Crippen MR) is 74.6 cm³/mol. The molecule has 0 spiro atoms. The second kappa shape index (κ2) is 8.11. The quantitative estimate of drug-likeness (QED) is 0.621. The van der Waals surface area contributed by atoms with Gasteiger partial charge < -0.3 is 14.8 Å². The molecule has 0 heterocycles. The molecule has 0 bridgehead atoms. The van der Waals surface area contributed by atoms with Crippen molar-refractivity contribution in [1.82, 2.24) is 0 Å². The summed E-state index contributed by atoms with van der Waals surface area (Å²) in [4.78, 5) is 11.0. The van der Waals surface area contributed by atoms with Crippen molar-refractivity contribution in [3.8, 4) is 0 Å². The minimum atomic E-state index is -0.178. The van der Waals surface area contributed by atoms with Gasteiger partial charge in [0.1, 0.15) is 0 Å². The third-order valence-corrected chi connectivity index (χ3v) is 3.25. The van der Waals surface area contributed by atoms with E-state index in [9.17, 15) is 4.79 Å². The molecule has 0 aliphatic heterocycles. The molecule has 0 amide bonds. The molecule has 18 heavy (non-hydrogen) atoms. The number of halogens is 1. The van der Waals surface area contributed by atoms with Crippen molar-refractivity contribution in [2.75, 3.05) is 26.1 Å². The lowest BCUT2D eigenvalue weighted by molar-refractivity contribution is -0.140. The number of nitrogens with one attached hydrogen (secondary N) is 1. The monoisotopic (exact) mass is 315 g/mol. The van der Waals surface area contributed by atoms with E-state index >= 15 is 0 Å². The molecule has 5 heteroatoms. The fourth-order valence-electron chi connectivity index (χ4n) is 1.57. The Morgan fingerprint density at radius 3 is 2.83 bits per heavy atom. The first-order chi connectivity index (χ1) is 8.69. The van der Waals surface area contributed by atoms with Gasteiger partial charge in [-0.2, -0.15) is 0 Å². The highest BCUT2D eigenvalue weighted by molar-refractivity contribution is 9.10. The average Bonchev–Trinajstić information content (AvgIpc) is 2.38. The highest BCUT2D eigenvalue weighted by Crippen LogP contribution is 2.25. The summed E-state index contributed by atoms with van der Waals surface area (Å²) in [5.41, 5.74) is 2.11. The van der Waals surface area contributed by atoms with Gasteiger partial charge in [0.2, 0.25) is 0 Å². The SMILES string of the molecule is COCc1c(Br)cccc1NCCCC(=O)OC. The Bertz CT molecular complexity index is 396. The number of benzene rings is 1. The summed E-state index contributed by atoms with van der Waals surface area (Å²) < 4.78 is 10.8. The van der Waals surface area contributed by atoms with E-state index in [0.29, 0.717) is 13.0 Å². The average molecular weight is 316 g/mol. The number of hydrogen-bond acceptors (Lipinski definition) is 4. The number of ether oxygens (including phenoxy) is 2. The fraction of sp³-hybridized carbons (Fsp3) is 0.462. The van der Waals surface area contributed by atoms with Gasteiger partial charge in [0.15, 0.2) is 0 Å². The van der Waals surface area contributed by atoms with Crippen LogP contribution in [0.4, 0.5) is 5.69 Å². The highest BCUT2D eigenvalue weighted by atomic mass is 79.9. The van der Waals surface area contributed by atoms with Crippen LogP contribution in [0, 0.1) is 0 Å². The number of hydrogen-bond donors (Lipinski definition) is 1. The number of esters is 1. The van der Waals surface area contributed by atoms with Crippen LogP contribution in [0.15, 0.2) is 22.7 Å². The third kappa shape index (κ3) is 4.66. The molecule has 1 aromatic carbocycles. The molecule has 0 aromatic heterocycles. The van der Waals surface area contributed by atoms with Crippen molar-refractivity contribution < 1.29 is 14.3 Å². The second-order valence-electron chi connectivity index (χ2n) is 3.81. The molecular weight excluding hydrogens is 298 g/mol. The maximum absolute atomic E-state index is 11.0. The molecule has 0 atom stereocenters. The molecule has 0 aliphatic rings. The van der Waals surface area contributed by atoms with Crippen molar-refractivity contribution >= 4 is 27.6 Å². The Kier molecular flexibility index (Phi) is 6.75. The number of methoxy groups -OCH3 is 2. The summed E-state index contributed by atoms with van der Waals surface area (Å²) in [5.74, 6) is -0.178. The van der Waals surface area contributed by atoms with Crippen molar-refractivity contribution in [2.24, 2.45) is 0 Å². The van der Waals surface area contributed by atoms with Crippen molar-refractivity contribution in [2.45, 2.75) is 19.4 Å². The number of rotatable bonds is 7. The van der Waals surface area contributed by atoms with Crippen molar-refractivity contribution in [1.29, 1.82) is 0 Å². The van der Waals surface area contributed by atoms with Crippen LogP contribution >= 0.6 is 15.9 Å². The summed E-state index contributed by atoms with van der Waals surface area (Å²) in [6.07, 6.45) is 1.17. The van der Waals surface area contributed by atoms with E-state index < -0.39 is 0 Å². The second-order valence-corrected chi connectivity index (χ2v) is 4.66. The zero-order valence-electron chi connectivity index (χ0n) is 10.7. The molecular formula is C13H18BrNO3. The number of carbonyl (C=O) groups is 1. The van der Waals surface area contributed by atoms with Crippen LogP contribution in [0.25, 0.3) is 0 Å². The lowest BCUT2D eigenvalue weighted by Gasteiger charge is -2.13. The fourth-order valence-corrected chi connectivity index (χ4v) is 2.05. The van der Waals surface area contributed by atoms with E-state index in [4.69, 9.17) is 4.74 Å². The van der Waals surface area contributed by atoms with Crippen LogP contribution in [0.3, 0.4) is 0 Å². The summed E-state index contributed by atoms with van der Waals surface area (Å²) >= 11 is 3.50. The minimum absolute atomic E-state index is 0.178. The zero-order valence-corrected chi connectivity index (χ0v) is 12.2. The maximum atomic E-state index is 11.0. The zero-order chi connectivity index (χ0) is 13.4. The molecule has 1 aromatic rings. The van der Waals surface area contributed by atoms with Crippen LogP contribution in [0.5, 0.6) is 0 Å². The van der Waals surface area contributed by atoms with Gasteiger partial charge >= 0.3 is 5.97 Å². The summed E-state index contributed by atoms with van der Waals surface area (Å²) in [7, 11) is 3.07. The Balaban J connectivity index is 2.51. The maximum Gasteiger partial charge on any atom is 0.305 e. The molecule has 0 radical (unpaired) electrons. The van der Waals surface area contributed by atoms with Gasteiger partial charge in [0.25, 0.3) is 0 Å². The smallest absolute Gasteiger partial charge is 0.305 e. The Morgan fingerprint density at radius 2 is 2.17 bits per heavy atom. The van der Waals surface area contributed by atoms with Gasteiger partial charge in [0, 0.05) is 35.8 Å². The van der Waals surface area contributed by atoms with Gasteiger partial charge in [-0.3, -0.25) is 4.79 Å². The minimum Gasteiger partial charge on any atom is -0.469 e. The van der Waals surface area contributed by atoms with Crippen LogP contribution < -0.4 is 5.32 Å². The Hall–Kier alpha value is -1.07. The molecule has 1 rings (SSSR count). The predicted octanol–water partition coefficient (Wildman–Crippen LogP) is 2.96. The van der Waals surface area contributed by atoms with Gasteiger partial charge in [-0.05, 0) is 18.6 Å². The molecule has 0 aliphatic carbocycles. The lowest BCUT2D eigenvalue weighted by Crippen LogP contribution is -2.08.